The van der Waals surface area contributed by atoms with Crippen LogP contribution in [0.4, 0.5) is 17.1 Å². The summed E-state index contributed by atoms with van der Waals surface area (Å²) in [5, 5.41) is 5.96. The molecule has 0 unspecified atom stereocenters. The van der Waals surface area contributed by atoms with Gasteiger partial charge in [0.05, 0.1) is 33.5 Å². The van der Waals surface area contributed by atoms with Crippen molar-refractivity contribution in [2.45, 2.75) is 35.5 Å². The van der Waals surface area contributed by atoms with Crippen LogP contribution in [-0.2, 0) is 24.7 Å². The van der Waals surface area contributed by atoms with E-state index in [2.05, 4.69) is 15.4 Å². The summed E-state index contributed by atoms with van der Waals surface area (Å²) in [5.41, 5.74) is 3.04. The quantitative estimate of drug-likeness (QED) is 0.185. The van der Waals surface area contributed by atoms with Crippen molar-refractivity contribution in [3.63, 3.8) is 0 Å². The summed E-state index contributed by atoms with van der Waals surface area (Å²) in [6, 6.07) is 21.3. The predicted octanol–water partition coefficient (Wildman–Crippen LogP) is 6.04. The minimum atomic E-state index is -3.98. The van der Waals surface area contributed by atoms with Crippen molar-refractivity contribution < 1.29 is 26.4 Å². The minimum Gasteiger partial charge on any atom is -0.494 e. The van der Waals surface area contributed by atoms with E-state index in [1.807, 2.05) is 19.9 Å². The molecule has 12 heteroatoms. The van der Waals surface area contributed by atoms with Gasteiger partial charge in [-0.15, -0.1) is 0 Å². The Morgan fingerprint density at radius 1 is 0.786 bits per heavy atom. The molecule has 0 saturated heterocycles. The number of ether oxygens (including phenoxy) is 1. The van der Waals surface area contributed by atoms with Crippen molar-refractivity contribution in [3.8, 4) is 5.75 Å². The van der Waals surface area contributed by atoms with E-state index >= 15 is 0 Å². The van der Waals surface area contributed by atoms with Gasteiger partial charge in [0.15, 0.2) is 0 Å². The summed E-state index contributed by atoms with van der Waals surface area (Å²) in [6.45, 7) is 5.71. The summed E-state index contributed by atoms with van der Waals surface area (Å²) in [4.78, 5) is 12.7. The molecule has 1 amide bonds. The highest BCUT2D eigenvalue weighted by atomic mass is 35.5. The summed E-state index contributed by atoms with van der Waals surface area (Å²) in [7, 11) is -7.81. The van der Waals surface area contributed by atoms with Crippen molar-refractivity contribution >= 4 is 54.4 Å². The molecule has 220 valence electrons. The van der Waals surface area contributed by atoms with Crippen LogP contribution in [0, 0.1) is 13.8 Å². The van der Waals surface area contributed by atoms with Crippen LogP contribution in [0.2, 0.25) is 5.02 Å². The molecule has 3 N–H and O–H groups in total. The second-order valence-corrected chi connectivity index (χ2v) is 13.4. The smallest absolute Gasteiger partial charge is 0.261 e. The van der Waals surface area contributed by atoms with Gasteiger partial charge in [-0.1, -0.05) is 17.7 Å². The number of nitrogens with one attached hydrogen (secondary N) is 3. The SMILES string of the molecule is CCOc1ccc(NCC(=O)Nc2ccc(S(=O)(=O)Nc3ccc(C)c(C)c3)cc2)c(S(=O)(=O)c2ccc(Cl)cc2)c1. The van der Waals surface area contributed by atoms with Crippen molar-refractivity contribution in [2.75, 3.05) is 28.5 Å². The molecule has 4 aromatic carbocycles. The summed E-state index contributed by atoms with van der Waals surface area (Å²) in [6.07, 6.45) is 0. The summed E-state index contributed by atoms with van der Waals surface area (Å²) >= 11 is 5.93. The van der Waals surface area contributed by atoms with E-state index in [9.17, 15) is 21.6 Å². The molecule has 0 spiro atoms. The molecule has 0 aliphatic carbocycles. The maximum Gasteiger partial charge on any atom is 0.261 e. The third-order valence-corrected chi connectivity index (χ3v) is 9.78. The van der Waals surface area contributed by atoms with Crippen molar-refractivity contribution in [3.05, 3.63) is 101 Å². The van der Waals surface area contributed by atoms with Crippen molar-refractivity contribution in [1.29, 1.82) is 0 Å². The lowest BCUT2D eigenvalue weighted by atomic mass is 10.1. The van der Waals surface area contributed by atoms with Crippen LogP contribution >= 0.6 is 11.6 Å². The molecule has 0 aliphatic heterocycles. The number of carbonyl (C=O) groups is 1. The molecule has 0 aliphatic rings. The third kappa shape index (κ3) is 7.41. The normalized spacial score (nSPS) is 11.5. The lowest BCUT2D eigenvalue weighted by molar-refractivity contribution is -0.114. The highest BCUT2D eigenvalue weighted by molar-refractivity contribution is 7.92. The lowest BCUT2D eigenvalue weighted by Crippen LogP contribution is -2.22. The molecule has 0 atom stereocenters. The van der Waals surface area contributed by atoms with Gasteiger partial charge < -0.3 is 15.4 Å². The Bertz CT molecular complexity index is 1810. The fourth-order valence-corrected chi connectivity index (χ4v) is 6.61. The predicted molar refractivity (Wildman–Crippen MR) is 165 cm³/mol. The van der Waals surface area contributed by atoms with E-state index < -0.39 is 25.8 Å². The monoisotopic (exact) mass is 627 g/mol. The number of anilines is 3. The Labute approximate surface area is 250 Å². The van der Waals surface area contributed by atoms with Gasteiger partial charge >= 0.3 is 0 Å². The maximum absolute atomic E-state index is 13.4. The highest BCUT2D eigenvalue weighted by Crippen LogP contribution is 2.32. The van der Waals surface area contributed by atoms with Gasteiger partial charge in [-0.2, -0.15) is 0 Å². The van der Waals surface area contributed by atoms with Crippen LogP contribution in [-0.4, -0.2) is 35.9 Å². The third-order valence-electron chi connectivity index (χ3n) is 6.32. The second-order valence-electron chi connectivity index (χ2n) is 9.38. The molecule has 0 radical (unpaired) electrons. The zero-order chi connectivity index (χ0) is 30.5. The van der Waals surface area contributed by atoms with E-state index in [-0.39, 0.29) is 26.9 Å². The lowest BCUT2D eigenvalue weighted by Gasteiger charge is -2.15. The average molecular weight is 628 g/mol. The number of carbonyl (C=O) groups excluding carboxylic acids is 1. The second kappa shape index (κ2) is 12.8. The summed E-state index contributed by atoms with van der Waals surface area (Å²) < 4.78 is 60.5. The van der Waals surface area contributed by atoms with E-state index in [1.54, 1.807) is 25.1 Å². The zero-order valence-corrected chi connectivity index (χ0v) is 25.5. The molecule has 0 saturated carbocycles. The van der Waals surface area contributed by atoms with Crippen LogP contribution in [0.25, 0.3) is 0 Å². The molecule has 4 rings (SSSR count). The maximum atomic E-state index is 13.4. The number of benzene rings is 4. The van der Waals surface area contributed by atoms with Gasteiger partial charge in [-0.05, 0) is 105 Å². The molecule has 0 aromatic heterocycles. The first-order chi connectivity index (χ1) is 19.9. The van der Waals surface area contributed by atoms with Gasteiger partial charge in [0, 0.05) is 22.5 Å². The highest BCUT2D eigenvalue weighted by Gasteiger charge is 2.23. The largest absolute Gasteiger partial charge is 0.494 e. The number of hydrogen-bond donors (Lipinski definition) is 3. The fraction of sp³-hybridized carbons (Fsp3) is 0.167. The van der Waals surface area contributed by atoms with E-state index in [0.29, 0.717) is 28.8 Å². The van der Waals surface area contributed by atoms with Gasteiger partial charge in [0.2, 0.25) is 15.7 Å². The van der Waals surface area contributed by atoms with Crippen LogP contribution in [0.15, 0.2) is 99.6 Å². The zero-order valence-electron chi connectivity index (χ0n) is 23.1. The molecule has 0 heterocycles. The first kappa shape index (κ1) is 30.9. The van der Waals surface area contributed by atoms with Crippen LogP contribution in [0.5, 0.6) is 5.75 Å². The Balaban J connectivity index is 1.45. The average Bonchev–Trinajstić information content (AvgIpc) is 2.95. The number of halogens is 1. The van der Waals surface area contributed by atoms with E-state index in [0.717, 1.165) is 11.1 Å². The summed E-state index contributed by atoms with van der Waals surface area (Å²) in [5.74, 6) is -0.107. The molecule has 4 aromatic rings. The van der Waals surface area contributed by atoms with Crippen LogP contribution in [0.1, 0.15) is 18.1 Å². The number of sulfonamides is 1. The molecule has 0 fully saturated rings. The number of hydrogen-bond acceptors (Lipinski definition) is 7. The van der Waals surface area contributed by atoms with Gasteiger partial charge in [-0.3, -0.25) is 9.52 Å². The number of rotatable bonds is 11. The van der Waals surface area contributed by atoms with E-state index in [1.165, 1.54) is 60.7 Å². The van der Waals surface area contributed by atoms with Crippen LogP contribution < -0.4 is 20.1 Å². The molecule has 0 bridgehead atoms. The molecule has 42 heavy (non-hydrogen) atoms. The Morgan fingerprint density at radius 3 is 2.07 bits per heavy atom. The Kier molecular flexibility index (Phi) is 9.45. The Hall–Kier alpha value is -4.06. The first-order valence-corrected chi connectivity index (χ1v) is 16.2. The van der Waals surface area contributed by atoms with Gasteiger partial charge in [-0.25, -0.2) is 16.8 Å². The fourth-order valence-electron chi connectivity index (χ4n) is 3.99. The molecule has 9 nitrogen and oxygen atoms in total. The topological polar surface area (TPSA) is 131 Å². The molecular weight excluding hydrogens is 598 g/mol. The minimum absolute atomic E-state index is 0.0308. The Morgan fingerprint density at radius 2 is 1.43 bits per heavy atom. The van der Waals surface area contributed by atoms with Crippen molar-refractivity contribution in [2.24, 2.45) is 0 Å². The van der Waals surface area contributed by atoms with Gasteiger partial charge in [0.25, 0.3) is 10.0 Å². The van der Waals surface area contributed by atoms with Gasteiger partial charge in [0.1, 0.15) is 5.75 Å². The van der Waals surface area contributed by atoms with E-state index in [4.69, 9.17) is 16.3 Å². The molecular formula is C30H30ClN3O6S2. The number of sulfone groups is 1. The van der Waals surface area contributed by atoms with Crippen LogP contribution in [0.3, 0.4) is 0 Å². The van der Waals surface area contributed by atoms with Crippen molar-refractivity contribution in [1.82, 2.24) is 0 Å². The number of amides is 1. The number of aryl methyl sites for hydroxylation is 2. The first-order valence-electron chi connectivity index (χ1n) is 12.9. The standard InChI is InChI=1S/C30H30ClN3O6S2/c1-4-40-25-11-16-28(29(18-25)41(36,37)26-12-6-22(31)7-13-26)32-19-30(35)33-23-9-14-27(15-10-23)42(38,39)34-24-8-5-20(2)21(3)17-24/h5-18,32,34H,4,19H2,1-3H3,(H,33,35).